The monoisotopic (exact) mass is 161 g/mol. The van der Waals surface area contributed by atoms with Crippen molar-refractivity contribution in [1.82, 2.24) is 14.8 Å². The van der Waals surface area contributed by atoms with Crippen molar-refractivity contribution < 1.29 is 4.79 Å². The first-order chi connectivity index (χ1) is 5.88. The number of rotatable bonds is 1. The first-order valence-corrected chi connectivity index (χ1v) is 3.55. The van der Waals surface area contributed by atoms with Gasteiger partial charge in [0, 0.05) is 18.6 Å². The number of aromatic nitrogens is 3. The van der Waals surface area contributed by atoms with E-state index in [1.54, 1.807) is 36.8 Å². The van der Waals surface area contributed by atoms with Gasteiger partial charge in [0.15, 0.2) is 0 Å². The highest BCUT2D eigenvalue weighted by Gasteiger charge is 2.07. The Morgan fingerprint density at radius 2 is 2.42 bits per heavy atom. The third-order valence-corrected chi connectivity index (χ3v) is 1.54. The molecule has 12 heavy (non-hydrogen) atoms. The zero-order valence-corrected chi connectivity index (χ0v) is 6.27. The third kappa shape index (κ3) is 1.03. The van der Waals surface area contributed by atoms with Crippen LogP contribution in [-0.4, -0.2) is 20.7 Å². The lowest BCUT2D eigenvalue weighted by Crippen LogP contribution is -2.12. The summed E-state index contributed by atoms with van der Waals surface area (Å²) in [5.41, 5.74) is 0.540. The fourth-order valence-corrected chi connectivity index (χ4v) is 0.976. The number of H-pyrrole nitrogens is 1. The lowest BCUT2D eigenvalue weighted by molar-refractivity contribution is 0.0940. The van der Waals surface area contributed by atoms with E-state index in [-0.39, 0.29) is 5.91 Å². The molecule has 2 heterocycles. The number of nitrogens with zero attached hydrogens (tertiary/aromatic N) is 2. The van der Waals surface area contributed by atoms with Crippen LogP contribution in [0.4, 0.5) is 0 Å². The van der Waals surface area contributed by atoms with E-state index in [0.717, 1.165) is 0 Å². The van der Waals surface area contributed by atoms with Crippen molar-refractivity contribution in [2.75, 3.05) is 0 Å². The van der Waals surface area contributed by atoms with E-state index in [2.05, 4.69) is 10.1 Å². The normalized spacial score (nSPS) is 10.0. The number of hydrogen-bond donors (Lipinski definition) is 1. The van der Waals surface area contributed by atoms with Gasteiger partial charge >= 0.3 is 0 Å². The molecule has 60 valence electrons. The van der Waals surface area contributed by atoms with Gasteiger partial charge in [-0.1, -0.05) is 0 Å². The summed E-state index contributed by atoms with van der Waals surface area (Å²) in [5, 5.41) is 3.82. The van der Waals surface area contributed by atoms with Crippen LogP contribution >= 0.6 is 0 Å². The summed E-state index contributed by atoms with van der Waals surface area (Å²) in [6.45, 7) is 0. The molecule has 2 aromatic rings. The van der Waals surface area contributed by atoms with Crippen molar-refractivity contribution in [3.05, 3.63) is 42.5 Å². The molecule has 2 aromatic heterocycles. The maximum absolute atomic E-state index is 11.4. The van der Waals surface area contributed by atoms with E-state index in [1.807, 2.05) is 0 Å². The smallest absolute Gasteiger partial charge is 0.294 e. The van der Waals surface area contributed by atoms with Gasteiger partial charge in [-0.05, 0) is 18.2 Å². The quantitative estimate of drug-likeness (QED) is 0.675. The highest BCUT2D eigenvalue weighted by atomic mass is 16.2. The van der Waals surface area contributed by atoms with Crippen LogP contribution in [0.3, 0.4) is 0 Å². The van der Waals surface area contributed by atoms with Crippen molar-refractivity contribution in [3.63, 3.8) is 0 Å². The average Bonchev–Trinajstić information content (AvgIpc) is 2.77. The number of aromatic amines is 1. The third-order valence-electron chi connectivity index (χ3n) is 1.54. The first kappa shape index (κ1) is 6.84. The van der Waals surface area contributed by atoms with Crippen LogP contribution in [0.5, 0.6) is 0 Å². The summed E-state index contributed by atoms with van der Waals surface area (Å²) in [6, 6.07) is 5.20. The molecule has 0 spiro atoms. The Morgan fingerprint density at radius 3 is 3.00 bits per heavy atom. The molecule has 0 radical (unpaired) electrons. The van der Waals surface area contributed by atoms with Crippen molar-refractivity contribution in [3.8, 4) is 0 Å². The van der Waals surface area contributed by atoms with Crippen LogP contribution in [0.2, 0.25) is 0 Å². The van der Waals surface area contributed by atoms with Crippen LogP contribution < -0.4 is 0 Å². The molecule has 0 bridgehead atoms. The van der Waals surface area contributed by atoms with Crippen LogP contribution in [0, 0.1) is 0 Å². The molecule has 0 saturated heterocycles. The highest BCUT2D eigenvalue weighted by Crippen LogP contribution is 1.97. The standard InChI is InChI=1S/C8H7N3O/c12-8(7-3-1-4-9-7)11-6-2-5-10-11/h1-6,9H. The fourth-order valence-electron chi connectivity index (χ4n) is 0.976. The van der Waals surface area contributed by atoms with Gasteiger partial charge in [-0.2, -0.15) is 5.10 Å². The molecule has 0 amide bonds. The lowest BCUT2D eigenvalue weighted by atomic mass is 10.4. The molecule has 0 unspecified atom stereocenters. The summed E-state index contributed by atoms with van der Waals surface area (Å²) < 4.78 is 1.28. The number of nitrogens with one attached hydrogen (secondary N) is 1. The van der Waals surface area contributed by atoms with Gasteiger partial charge in [0.2, 0.25) is 0 Å². The van der Waals surface area contributed by atoms with E-state index in [0.29, 0.717) is 5.69 Å². The van der Waals surface area contributed by atoms with Crippen molar-refractivity contribution in [2.45, 2.75) is 0 Å². The summed E-state index contributed by atoms with van der Waals surface area (Å²) in [7, 11) is 0. The van der Waals surface area contributed by atoms with Gasteiger partial charge in [-0.3, -0.25) is 4.79 Å². The molecule has 0 fully saturated rings. The minimum atomic E-state index is -0.148. The highest BCUT2D eigenvalue weighted by molar-refractivity contribution is 5.93. The van der Waals surface area contributed by atoms with Crippen LogP contribution in [0.25, 0.3) is 0 Å². The zero-order valence-electron chi connectivity index (χ0n) is 6.27. The van der Waals surface area contributed by atoms with Crippen LogP contribution in [-0.2, 0) is 0 Å². The predicted octanol–water partition coefficient (Wildman–Crippen LogP) is 0.900. The van der Waals surface area contributed by atoms with Crippen molar-refractivity contribution in [1.29, 1.82) is 0 Å². The molecule has 0 aliphatic carbocycles. The van der Waals surface area contributed by atoms with E-state index < -0.39 is 0 Å². The van der Waals surface area contributed by atoms with Gasteiger partial charge in [0.25, 0.3) is 5.91 Å². The van der Waals surface area contributed by atoms with Crippen LogP contribution in [0.15, 0.2) is 36.8 Å². The molecule has 2 rings (SSSR count). The van der Waals surface area contributed by atoms with Crippen molar-refractivity contribution >= 4 is 5.91 Å². The number of hydrogen-bond acceptors (Lipinski definition) is 2. The number of carbonyl (C=O) groups excluding carboxylic acids is 1. The van der Waals surface area contributed by atoms with E-state index >= 15 is 0 Å². The Balaban J connectivity index is 2.34. The fraction of sp³-hybridized carbons (Fsp3) is 0. The average molecular weight is 161 g/mol. The largest absolute Gasteiger partial charge is 0.357 e. The second kappa shape index (κ2) is 2.65. The minimum absolute atomic E-state index is 0.148. The molecule has 0 aromatic carbocycles. The van der Waals surface area contributed by atoms with Gasteiger partial charge in [0.1, 0.15) is 5.69 Å². The van der Waals surface area contributed by atoms with E-state index in [4.69, 9.17) is 0 Å². The molecule has 0 saturated carbocycles. The van der Waals surface area contributed by atoms with Crippen molar-refractivity contribution in [2.24, 2.45) is 0 Å². The Labute approximate surface area is 68.8 Å². The maximum Gasteiger partial charge on any atom is 0.294 e. The predicted molar refractivity (Wildman–Crippen MR) is 42.7 cm³/mol. The maximum atomic E-state index is 11.4. The summed E-state index contributed by atoms with van der Waals surface area (Å²) in [4.78, 5) is 14.3. The lowest BCUT2D eigenvalue weighted by Gasteiger charge is -1.95. The molecular weight excluding hydrogens is 154 g/mol. The summed E-state index contributed by atoms with van der Waals surface area (Å²) >= 11 is 0. The van der Waals surface area contributed by atoms with Gasteiger partial charge in [-0.15, -0.1) is 0 Å². The Bertz CT molecular complexity index is 325. The summed E-state index contributed by atoms with van der Waals surface area (Å²) in [5.74, 6) is -0.148. The molecular formula is C8H7N3O. The van der Waals surface area contributed by atoms with Gasteiger partial charge < -0.3 is 4.98 Å². The van der Waals surface area contributed by atoms with Crippen LogP contribution in [0.1, 0.15) is 10.5 Å². The topological polar surface area (TPSA) is 50.7 Å². The molecule has 4 nitrogen and oxygen atoms in total. The molecule has 4 heteroatoms. The van der Waals surface area contributed by atoms with Gasteiger partial charge in [-0.25, -0.2) is 4.68 Å². The second-order valence-electron chi connectivity index (χ2n) is 2.34. The molecule has 0 aliphatic heterocycles. The van der Waals surface area contributed by atoms with E-state index in [1.165, 1.54) is 4.68 Å². The number of carbonyl (C=O) groups is 1. The first-order valence-electron chi connectivity index (χ1n) is 3.55. The minimum Gasteiger partial charge on any atom is -0.357 e. The second-order valence-corrected chi connectivity index (χ2v) is 2.34. The Kier molecular flexibility index (Phi) is 1.51. The Hall–Kier alpha value is -1.84. The Morgan fingerprint density at radius 1 is 1.50 bits per heavy atom. The zero-order chi connectivity index (χ0) is 8.39. The SMILES string of the molecule is O=C(c1ccc[nH]1)n1cccn1. The molecule has 1 N–H and O–H groups in total. The van der Waals surface area contributed by atoms with E-state index in [9.17, 15) is 4.79 Å². The van der Waals surface area contributed by atoms with Gasteiger partial charge in [0.05, 0.1) is 0 Å². The molecule has 0 atom stereocenters. The summed E-state index contributed by atoms with van der Waals surface area (Å²) in [6.07, 6.45) is 4.89. The molecule has 0 aliphatic rings.